The number of halogens is 1. The summed E-state index contributed by atoms with van der Waals surface area (Å²) in [5.74, 6) is -0.0601. The van der Waals surface area contributed by atoms with Crippen LogP contribution < -0.4 is 10.9 Å². The Bertz CT molecular complexity index is 989. The molecule has 1 heterocycles. The lowest BCUT2D eigenvalue weighted by molar-refractivity contribution is -0.120. The first kappa shape index (κ1) is 22.8. The van der Waals surface area contributed by atoms with Crippen LogP contribution in [0.4, 0.5) is 0 Å². The number of nitrogens with zero attached hydrogens (tertiary/aromatic N) is 2. The predicted molar refractivity (Wildman–Crippen MR) is 122 cm³/mol. The van der Waals surface area contributed by atoms with Crippen LogP contribution in [0, 0.1) is 0 Å². The molecule has 0 fully saturated rings. The molecule has 0 spiro atoms. The second kappa shape index (κ2) is 11.0. The SMILES string of the molecule is COCCn1c(SC(C)C(=O)NCCC2=CCCCC2)nc2cc(Cl)ccc2c1=O. The van der Waals surface area contributed by atoms with Crippen LogP contribution in [0.15, 0.2) is 39.8 Å². The zero-order chi connectivity index (χ0) is 21.5. The van der Waals surface area contributed by atoms with Crippen LogP contribution in [0.2, 0.25) is 5.02 Å². The number of amides is 1. The van der Waals surface area contributed by atoms with Crippen molar-refractivity contribution in [1.82, 2.24) is 14.9 Å². The molecule has 1 N–H and O–H groups in total. The molecule has 1 atom stereocenters. The summed E-state index contributed by atoms with van der Waals surface area (Å²) in [5, 5.41) is 4.13. The van der Waals surface area contributed by atoms with Crippen LogP contribution in [0.1, 0.15) is 39.0 Å². The molecule has 3 rings (SSSR count). The lowest BCUT2D eigenvalue weighted by Gasteiger charge is -2.17. The minimum atomic E-state index is -0.386. The number of hydrogen-bond acceptors (Lipinski definition) is 5. The van der Waals surface area contributed by atoms with Gasteiger partial charge in [-0.2, -0.15) is 0 Å². The van der Waals surface area contributed by atoms with Gasteiger partial charge in [-0.3, -0.25) is 14.2 Å². The van der Waals surface area contributed by atoms with E-state index in [1.165, 1.54) is 30.2 Å². The van der Waals surface area contributed by atoms with Gasteiger partial charge < -0.3 is 10.1 Å². The Morgan fingerprint density at radius 3 is 2.97 bits per heavy atom. The Hall–Kier alpha value is -1.83. The number of allylic oxidation sites excluding steroid dienone is 1. The fourth-order valence-corrected chi connectivity index (χ4v) is 4.60. The summed E-state index contributed by atoms with van der Waals surface area (Å²) in [6, 6.07) is 5.03. The number of hydrogen-bond donors (Lipinski definition) is 1. The molecule has 1 aliphatic carbocycles. The van der Waals surface area contributed by atoms with E-state index in [4.69, 9.17) is 16.3 Å². The number of ether oxygens (including phenoxy) is 1. The Labute approximate surface area is 186 Å². The third-order valence-corrected chi connectivity index (χ3v) is 6.51. The molecule has 0 aliphatic heterocycles. The Morgan fingerprint density at radius 2 is 2.23 bits per heavy atom. The Balaban J connectivity index is 1.72. The molecule has 0 saturated carbocycles. The first-order chi connectivity index (χ1) is 14.5. The zero-order valence-corrected chi connectivity index (χ0v) is 19.0. The minimum absolute atomic E-state index is 0.0601. The third kappa shape index (κ3) is 5.86. The molecule has 1 unspecified atom stereocenters. The molecule has 0 radical (unpaired) electrons. The average Bonchev–Trinajstić information content (AvgIpc) is 2.74. The molecule has 6 nitrogen and oxygen atoms in total. The Kier molecular flexibility index (Phi) is 8.36. The highest BCUT2D eigenvalue weighted by Gasteiger charge is 2.19. The van der Waals surface area contributed by atoms with Gasteiger partial charge in [0.1, 0.15) is 0 Å². The summed E-state index contributed by atoms with van der Waals surface area (Å²) < 4.78 is 6.72. The number of nitrogens with one attached hydrogen (secondary N) is 1. The molecule has 30 heavy (non-hydrogen) atoms. The number of methoxy groups -OCH3 is 1. The molecular formula is C22H28ClN3O3S. The lowest BCUT2D eigenvalue weighted by Crippen LogP contribution is -2.33. The fourth-order valence-electron chi connectivity index (χ4n) is 3.48. The average molecular weight is 450 g/mol. The molecule has 0 saturated heterocycles. The van der Waals surface area contributed by atoms with E-state index in [0.717, 1.165) is 19.3 Å². The van der Waals surface area contributed by atoms with E-state index in [-0.39, 0.29) is 16.7 Å². The van der Waals surface area contributed by atoms with Gasteiger partial charge in [0.05, 0.1) is 29.3 Å². The van der Waals surface area contributed by atoms with Gasteiger partial charge in [-0.1, -0.05) is 35.0 Å². The van der Waals surface area contributed by atoms with E-state index in [1.54, 1.807) is 29.9 Å². The minimum Gasteiger partial charge on any atom is -0.383 e. The van der Waals surface area contributed by atoms with Crippen molar-refractivity contribution in [2.24, 2.45) is 0 Å². The van der Waals surface area contributed by atoms with Crippen LogP contribution in [-0.4, -0.2) is 41.0 Å². The largest absolute Gasteiger partial charge is 0.383 e. The number of fused-ring (bicyclic) bond motifs is 1. The van der Waals surface area contributed by atoms with Crippen LogP contribution in [0.25, 0.3) is 10.9 Å². The smallest absolute Gasteiger partial charge is 0.262 e. The first-order valence-corrected chi connectivity index (χ1v) is 11.6. The van der Waals surface area contributed by atoms with E-state index in [1.807, 2.05) is 6.92 Å². The summed E-state index contributed by atoms with van der Waals surface area (Å²) >= 11 is 7.36. The van der Waals surface area contributed by atoms with Crippen LogP contribution in [-0.2, 0) is 16.1 Å². The van der Waals surface area contributed by atoms with Gasteiger partial charge in [-0.05, 0) is 57.2 Å². The van der Waals surface area contributed by atoms with Crippen molar-refractivity contribution in [3.8, 4) is 0 Å². The predicted octanol–water partition coefficient (Wildman–Crippen LogP) is 4.18. The molecule has 0 bridgehead atoms. The van der Waals surface area contributed by atoms with Crippen molar-refractivity contribution in [3.63, 3.8) is 0 Å². The highest BCUT2D eigenvalue weighted by Crippen LogP contribution is 2.24. The van der Waals surface area contributed by atoms with Gasteiger partial charge >= 0.3 is 0 Å². The number of benzene rings is 1. The molecule has 1 amide bonds. The molecule has 1 aromatic carbocycles. The number of carbonyl (C=O) groups is 1. The number of rotatable bonds is 9. The van der Waals surface area contributed by atoms with Crippen molar-refractivity contribution in [1.29, 1.82) is 0 Å². The third-order valence-electron chi connectivity index (χ3n) is 5.18. The quantitative estimate of drug-likeness (QED) is 0.353. The van der Waals surface area contributed by atoms with Crippen LogP contribution >= 0.6 is 23.4 Å². The summed E-state index contributed by atoms with van der Waals surface area (Å²) in [6.45, 7) is 3.21. The van der Waals surface area contributed by atoms with Crippen LogP contribution in [0.3, 0.4) is 0 Å². The fraction of sp³-hybridized carbons (Fsp3) is 0.500. The van der Waals surface area contributed by atoms with E-state index in [9.17, 15) is 9.59 Å². The van der Waals surface area contributed by atoms with Gasteiger partial charge in [0, 0.05) is 18.7 Å². The molecule has 162 valence electrons. The highest BCUT2D eigenvalue weighted by molar-refractivity contribution is 8.00. The van der Waals surface area contributed by atoms with Gasteiger partial charge in [-0.15, -0.1) is 0 Å². The summed E-state index contributed by atoms with van der Waals surface area (Å²) in [6.07, 6.45) is 7.98. The highest BCUT2D eigenvalue weighted by atomic mass is 35.5. The van der Waals surface area contributed by atoms with E-state index in [2.05, 4.69) is 16.4 Å². The lowest BCUT2D eigenvalue weighted by atomic mass is 9.97. The van der Waals surface area contributed by atoms with E-state index in [0.29, 0.717) is 40.8 Å². The number of carbonyl (C=O) groups excluding carboxylic acids is 1. The van der Waals surface area contributed by atoms with Crippen molar-refractivity contribution in [2.45, 2.75) is 56.0 Å². The van der Waals surface area contributed by atoms with Crippen LogP contribution in [0.5, 0.6) is 0 Å². The zero-order valence-electron chi connectivity index (χ0n) is 17.4. The second-order valence-corrected chi connectivity index (χ2v) is 9.16. The molecule has 2 aromatic rings. The standard InChI is InChI=1S/C22H28ClN3O3S/c1-15(20(27)24-11-10-16-6-4-3-5-7-16)30-22-25-19-14-17(23)8-9-18(19)21(28)26(22)12-13-29-2/h6,8-9,14-15H,3-5,7,10-13H2,1-2H3,(H,24,27). The van der Waals surface area contributed by atoms with Crippen molar-refractivity contribution >= 4 is 40.2 Å². The van der Waals surface area contributed by atoms with Gasteiger partial charge in [-0.25, -0.2) is 4.98 Å². The number of thioether (sulfide) groups is 1. The second-order valence-electron chi connectivity index (χ2n) is 7.41. The maximum absolute atomic E-state index is 13.0. The normalized spacial score (nSPS) is 15.1. The van der Waals surface area contributed by atoms with E-state index < -0.39 is 0 Å². The summed E-state index contributed by atoms with van der Waals surface area (Å²) in [5.41, 5.74) is 1.80. The Morgan fingerprint density at radius 1 is 1.40 bits per heavy atom. The van der Waals surface area contributed by atoms with Gasteiger partial charge in [0.15, 0.2) is 5.16 Å². The van der Waals surface area contributed by atoms with E-state index >= 15 is 0 Å². The monoisotopic (exact) mass is 449 g/mol. The van der Waals surface area contributed by atoms with Gasteiger partial charge in [0.2, 0.25) is 5.91 Å². The maximum Gasteiger partial charge on any atom is 0.262 e. The summed E-state index contributed by atoms with van der Waals surface area (Å²) in [4.78, 5) is 30.2. The first-order valence-electron chi connectivity index (χ1n) is 10.3. The van der Waals surface area contributed by atoms with Gasteiger partial charge in [0.25, 0.3) is 5.56 Å². The number of aromatic nitrogens is 2. The van der Waals surface area contributed by atoms with Crippen molar-refractivity contribution in [2.75, 3.05) is 20.3 Å². The molecule has 8 heteroatoms. The maximum atomic E-state index is 13.0. The summed E-state index contributed by atoms with van der Waals surface area (Å²) in [7, 11) is 1.59. The van der Waals surface area contributed by atoms with Crippen molar-refractivity contribution in [3.05, 3.63) is 45.2 Å². The molecule has 1 aliphatic rings. The molecule has 1 aromatic heterocycles. The molecular weight excluding hydrogens is 422 g/mol. The topological polar surface area (TPSA) is 73.2 Å². The van der Waals surface area contributed by atoms with Crippen molar-refractivity contribution < 1.29 is 9.53 Å².